The Morgan fingerprint density at radius 2 is 2.25 bits per heavy atom. The molecular weight excluding hydrogens is 200 g/mol. The molecule has 3 nitrogen and oxygen atoms in total. The van der Waals surface area contributed by atoms with Crippen LogP contribution < -0.4 is 5.32 Å². The number of aryl methyl sites for hydroxylation is 1. The largest absolute Gasteiger partial charge is 0.351 e. The number of hydrogen-bond donors (Lipinski definition) is 1. The zero-order chi connectivity index (χ0) is 11.7. The minimum Gasteiger partial charge on any atom is -0.351 e. The number of carbonyl (C=O) groups excluding carboxylic acids is 1. The van der Waals surface area contributed by atoms with Crippen LogP contribution in [0.3, 0.4) is 0 Å². The van der Waals surface area contributed by atoms with E-state index in [-0.39, 0.29) is 5.92 Å². The maximum Gasteiger partial charge on any atom is 0.169 e. The molecule has 0 bridgehead atoms. The molecule has 0 spiro atoms. The van der Waals surface area contributed by atoms with Crippen molar-refractivity contribution in [2.45, 2.75) is 26.7 Å². The fourth-order valence-corrected chi connectivity index (χ4v) is 2.40. The number of aromatic nitrogens is 1. The molecule has 0 aromatic carbocycles. The van der Waals surface area contributed by atoms with Crippen LogP contribution in [0.15, 0.2) is 6.07 Å². The van der Waals surface area contributed by atoms with Crippen molar-refractivity contribution in [3.8, 4) is 0 Å². The predicted molar refractivity (Wildman–Crippen MR) is 64.8 cm³/mol. The molecule has 1 N–H and O–H groups in total. The summed E-state index contributed by atoms with van der Waals surface area (Å²) in [5, 5.41) is 3.30. The molecule has 3 heteroatoms. The van der Waals surface area contributed by atoms with Gasteiger partial charge >= 0.3 is 0 Å². The Kier molecular flexibility index (Phi) is 3.15. The minimum absolute atomic E-state index is 0.175. The van der Waals surface area contributed by atoms with E-state index < -0.39 is 0 Å². The van der Waals surface area contributed by atoms with E-state index in [1.54, 1.807) is 0 Å². The van der Waals surface area contributed by atoms with Crippen LogP contribution in [0.5, 0.6) is 0 Å². The molecule has 2 rings (SSSR count). The van der Waals surface area contributed by atoms with Crippen LogP contribution in [0, 0.1) is 19.8 Å². The Labute approximate surface area is 96.8 Å². The number of carbonyl (C=O) groups is 1. The van der Waals surface area contributed by atoms with Crippen LogP contribution in [0.1, 0.15) is 34.6 Å². The Morgan fingerprint density at radius 1 is 1.50 bits per heavy atom. The van der Waals surface area contributed by atoms with Gasteiger partial charge in [-0.25, -0.2) is 0 Å². The minimum atomic E-state index is 0.175. The molecule has 1 aromatic heterocycles. The van der Waals surface area contributed by atoms with Crippen molar-refractivity contribution < 1.29 is 4.79 Å². The third kappa shape index (κ3) is 1.92. The maximum absolute atomic E-state index is 12.3. The molecule has 0 radical (unpaired) electrons. The lowest BCUT2D eigenvalue weighted by atomic mass is 9.91. The van der Waals surface area contributed by atoms with Gasteiger partial charge in [0.05, 0.1) is 0 Å². The zero-order valence-corrected chi connectivity index (χ0v) is 10.3. The van der Waals surface area contributed by atoms with E-state index in [0.29, 0.717) is 5.78 Å². The van der Waals surface area contributed by atoms with Crippen LogP contribution in [0.2, 0.25) is 0 Å². The van der Waals surface area contributed by atoms with E-state index >= 15 is 0 Å². The van der Waals surface area contributed by atoms with Gasteiger partial charge in [-0.3, -0.25) is 4.79 Å². The molecular formula is C13H20N2O. The van der Waals surface area contributed by atoms with Gasteiger partial charge < -0.3 is 9.88 Å². The second-order valence-corrected chi connectivity index (χ2v) is 4.75. The molecule has 88 valence electrons. The first-order valence-electron chi connectivity index (χ1n) is 5.99. The lowest BCUT2D eigenvalue weighted by Crippen LogP contribution is -2.34. The summed E-state index contributed by atoms with van der Waals surface area (Å²) in [6.07, 6.45) is 2.14. The SMILES string of the molecule is Cc1cc(C(=O)C2CCCNC2)c(C)n1C. The number of nitrogens with one attached hydrogen (secondary N) is 1. The Bertz CT molecular complexity index is 400. The molecule has 16 heavy (non-hydrogen) atoms. The molecule has 0 saturated carbocycles. The maximum atomic E-state index is 12.3. The van der Waals surface area contributed by atoms with Gasteiger partial charge in [-0.15, -0.1) is 0 Å². The third-order valence-electron chi connectivity index (χ3n) is 3.71. The molecule has 1 atom stereocenters. The number of piperidine rings is 1. The lowest BCUT2D eigenvalue weighted by molar-refractivity contribution is 0.0899. The van der Waals surface area contributed by atoms with Crippen molar-refractivity contribution in [1.29, 1.82) is 0 Å². The van der Waals surface area contributed by atoms with E-state index in [9.17, 15) is 4.79 Å². The lowest BCUT2D eigenvalue weighted by Gasteiger charge is -2.21. The van der Waals surface area contributed by atoms with Crippen LogP contribution in [0.4, 0.5) is 0 Å². The molecule has 0 amide bonds. The summed E-state index contributed by atoms with van der Waals surface area (Å²) in [5.74, 6) is 0.489. The molecule has 0 aliphatic carbocycles. The van der Waals surface area contributed by atoms with Gasteiger partial charge in [-0.05, 0) is 39.3 Å². The topological polar surface area (TPSA) is 34.0 Å². The fraction of sp³-hybridized carbons (Fsp3) is 0.615. The van der Waals surface area contributed by atoms with E-state index in [4.69, 9.17) is 0 Å². The van der Waals surface area contributed by atoms with Crippen molar-refractivity contribution in [3.63, 3.8) is 0 Å². The summed E-state index contributed by atoms with van der Waals surface area (Å²) < 4.78 is 2.09. The molecule has 1 fully saturated rings. The van der Waals surface area contributed by atoms with Crippen molar-refractivity contribution in [1.82, 2.24) is 9.88 Å². The van der Waals surface area contributed by atoms with Gasteiger partial charge in [0, 0.05) is 36.5 Å². The Morgan fingerprint density at radius 3 is 2.75 bits per heavy atom. The van der Waals surface area contributed by atoms with Gasteiger partial charge in [0.15, 0.2) is 5.78 Å². The summed E-state index contributed by atoms with van der Waals surface area (Å²) in [7, 11) is 2.01. The molecule has 1 unspecified atom stereocenters. The molecule has 1 aliphatic rings. The standard InChI is InChI=1S/C13H20N2O/c1-9-7-12(10(2)15(9)3)13(16)11-5-4-6-14-8-11/h7,11,14H,4-6,8H2,1-3H3. The second-order valence-electron chi connectivity index (χ2n) is 4.75. The van der Waals surface area contributed by atoms with Gasteiger partial charge in [0.1, 0.15) is 0 Å². The number of Topliss-reactive ketones (excluding diaryl/α,β-unsaturated/α-hetero) is 1. The Balaban J connectivity index is 2.22. The molecule has 1 saturated heterocycles. The van der Waals surface area contributed by atoms with Crippen molar-refractivity contribution in [2.75, 3.05) is 13.1 Å². The monoisotopic (exact) mass is 220 g/mol. The first-order valence-corrected chi connectivity index (χ1v) is 5.99. The second kappa shape index (κ2) is 4.42. The number of nitrogens with zero attached hydrogens (tertiary/aromatic N) is 1. The van der Waals surface area contributed by atoms with E-state index in [2.05, 4.69) is 9.88 Å². The summed E-state index contributed by atoms with van der Waals surface area (Å²) in [6, 6.07) is 2.02. The highest BCUT2D eigenvalue weighted by Gasteiger charge is 2.24. The molecule has 2 heterocycles. The summed E-state index contributed by atoms with van der Waals surface area (Å²) in [4.78, 5) is 12.3. The third-order valence-corrected chi connectivity index (χ3v) is 3.71. The van der Waals surface area contributed by atoms with Gasteiger partial charge in [-0.1, -0.05) is 0 Å². The number of ketones is 1. The van der Waals surface area contributed by atoms with Crippen LogP contribution in [-0.2, 0) is 7.05 Å². The Hall–Kier alpha value is -1.09. The molecule has 1 aromatic rings. The van der Waals surface area contributed by atoms with E-state index in [1.165, 1.54) is 0 Å². The van der Waals surface area contributed by atoms with E-state index in [1.807, 2.05) is 27.0 Å². The summed E-state index contributed by atoms with van der Waals surface area (Å²) in [6.45, 7) is 5.96. The van der Waals surface area contributed by atoms with E-state index in [0.717, 1.165) is 42.9 Å². The van der Waals surface area contributed by atoms with Crippen LogP contribution in [0.25, 0.3) is 0 Å². The van der Waals surface area contributed by atoms with Crippen molar-refractivity contribution in [2.24, 2.45) is 13.0 Å². The smallest absolute Gasteiger partial charge is 0.169 e. The highest BCUT2D eigenvalue weighted by molar-refractivity contribution is 5.99. The van der Waals surface area contributed by atoms with Gasteiger partial charge in [0.25, 0.3) is 0 Å². The first-order chi connectivity index (χ1) is 7.61. The normalized spacial score (nSPS) is 21.1. The first kappa shape index (κ1) is 11.4. The summed E-state index contributed by atoms with van der Waals surface area (Å²) in [5.41, 5.74) is 3.16. The predicted octanol–water partition coefficient (Wildman–Crippen LogP) is 1.82. The highest BCUT2D eigenvalue weighted by Crippen LogP contribution is 2.21. The van der Waals surface area contributed by atoms with Gasteiger partial charge in [-0.2, -0.15) is 0 Å². The van der Waals surface area contributed by atoms with Crippen LogP contribution >= 0.6 is 0 Å². The van der Waals surface area contributed by atoms with Crippen molar-refractivity contribution in [3.05, 3.63) is 23.0 Å². The summed E-state index contributed by atoms with van der Waals surface area (Å²) >= 11 is 0. The number of hydrogen-bond acceptors (Lipinski definition) is 2. The zero-order valence-electron chi connectivity index (χ0n) is 10.3. The van der Waals surface area contributed by atoms with Crippen molar-refractivity contribution >= 4 is 5.78 Å². The molecule has 1 aliphatic heterocycles. The van der Waals surface area contributed by atoms with Crippen LogP contribution in [-0.4, -0.2) is 23.4 Å². The fourth-order valence-electron chi connectivity index (χ4n) is 2.40. The average molecular weight is 220 g/mol. The average Bonchev–Trinajstić information content (AvgIpc) is 2.57. The van der Waals surface area contributed by atoms with Gasteiger partial charge in [0.2, 0.25) is 0 Å². The quantitative estimate of drug-likeness (QED) is 0.771. The highest BCUT2D eigenvalue weighted by atomic mass is 16.1. The number of rotatable bonds is 2.